The topological polar surface area (TPSA) is 48.1 Å². The van der Waals surface area contributed by atoms with Crippen LogP contribution >= 0.6 is 37.9 Å². The summed E-state index contributed by atoms with van der Waals surface area (Å²) in [6.45, 7) is 8.98. The van der Waals surface area contributed by atoms with Crippen molar-refractivity contribution in [3.63, 3.8) is 0 Å². The van der Waals surface area contributed by atoms with Gasteiger partial charge in [0.15, 0.2) is 0 Å². The summed E-state index contributed by atoms with van der Waals surface area (Å²) < 4.78 is 0. The highest BCUT2D eigenvalue weighted by atomic mass is 32.1. The van der Waals surface area contributed by atoms with Crippen LogP contribution in [0.25, 0.3) is 0 Å². The maximum atomic E-state index is 4.43. The molecule has 0 aromatic carbocycles. The maximum Gasteiger partial charge on any atom is 0.0281 e. The van der Waals surface area contributed by atoms with E-state index in [9.17, 15) is 0 Å². The number of hydrogen-bond donors (Lipinski definition) is 7. The molecule has 0 heterocycles. The molecule has 0 rings (SSSR count). The third kappa shape index (κ3) is 10.6. The predicted molar refractivity (Wildman–Crippen MR) is 101 cm³/mol. The lowest BCUT2D eigenvalue weighted by Gasteiger charge is -2.24. The molecular weight excluding hydrogens is 308 g/mol. The van der Waals surface area contributed by atoms with Gasteiger partial charge in [-0.1, -0.05) is 13.8 Å². The van der Waals surface area contributed by atoms with E-state index in [0.29, 0.717) is 18.1 Å². The standard InChI is InChI=1S/C13H32N4S3/c1-3-14-5-11(8-18)16-7-13(10-20)17-6-12(9-19)15-4-2/h11-20H,3-10H2,1-2H3/t11-,12-,13-/m0/s1. The lowest BCUT2D eigenvalue weighted by Crippen LogP contribution is -2.50. The summed E-state index contributed by atoms with van der Waals surface area (Å²) in [5.74, 6) is 2.50. The zero-order valence-corrected chi connectivity index (χ0v) is 15.4. The van der Waals surface area contributed by atoms with Crippen molar-refractivity contribution in [2.45, 2.75) is 32.0 Å². The van der Waals surface area contributed by atoms with E-state index in [-0.39, 0.29) is 0 Å². The quantitative estimate of drug-likeness (QED) is 0.232. The van der Waals surface area contributed by atoms with Gasteiger partial charge in [0, 0.05) is 55.0 Å². The first-order chi connectivity index (χ1) is 9.71. The van der Waals surface area contributed by atoms with Crippen molar-refractivity contribution in [3.05, 3.63) is 0 Å². The molecule has 122 valence electrons. The van der Waals surface area contributed by atoms with Crippen LogP contribution in [-0.2, 0) is 0 Å². The van der Waals surface area contributed by atoms with Crippen molar-refractivity contribution in [1.29, 1.82) is 0 Å². The Balaban J connectivity index is 3.94. The summed E-state index contributed by atoms with van der Waals surface area (Å²) in [5, 5.41) is 13.8. The zero-order valence-electron chi connectivity index (χ0n) is 12.7. The predicted octanol–water partition coefficient (Wildman–Crippen LogP) is 0.280. The van der Waals surface area contributed by atoms with Gasteiger partial charge >= 0.3 is 0 Å². The second-order valence-electron chi connectivity index (χ2n) is 4.82. The average molecular weight is 341 g/mol. The van der Waals surface area contributed by atoms with Crippen LogP contribution in [0.4, 0.5) is 0 Å². The number of rotatable bonds is 14. The molecule has 0 fully saturated rings. The van der Waals surface area contributed by atoms with E-state index in [0.717, 1.165) is 50.0 Å². The van der Waals surface area contributed by atoms with Crippen molar-refractivity contribution in [3.8, 4) is 0 Å². The van der Waals surface area contributed by atoms with E-state index in [1.807, 2.05) is 0 Å². The second kappa shape index (κ2) is 14.8. The molecule has 4 N–H and O–H groups in total. The first-order valence-corrected chi connectivity index (χ1v) is 9.34. The Morgan fingerprint density at radius 1 is 0.650 bits per heavy atom. The van der Waals surface area contributed by atoms with E-state index < -0.39 is 0 Å². The molecule has 0 unspecified atom stereocenters. The average Bonchev–Trinajstić information content (AvgIpc) is 2.48. The van der Waals surface area contributed by atoms with Crippen molar-refractivity contribution >= 4 is 37.9 Å². The highest BCUT2D eigenvalue weighted by Gasteiger charge is 2.12. The zero-order chi connectivity index (χ0) is 15.2. The van der Waals surface area contributed by atoms with Crippen LogP contribution in [0.2, 0.25) is 0 Å². The van der Waals surface area contributed by atoms with Gasteiger partial charge in [-0.15, -0.1) is 0 Å². The van der Waals surface area contributed by atoms with Gasteiger partial charge in [0.25, 0.3) is 0 Å². The minimum atomic E-state index is 0.364. The van der Waals surface area contributed by atoms with Crippen LogP contribution in [0.1, 0.15) is 13.8 Å². The number of likely N-dealkylation sites (N-methyl/N-ethyl adjacent to an activating group) is 2. The maximum absolute atomic E-state index is 4.43. The molecule has 0 aromatic heterocycles. The molecule has 0 aromatic rings. The van der Waals surface area contributed by atoms with Gasteiger partial charge in [-0.05, 0) is 13.1 Å². The molecule has 0 bridgehead atoms. The highest BCUT2D eigenvalue weighted by molar-refractivity contribution is 7.80. The molecule has 0 saturated carbocycles. The Labute approximate surface area is 141 Å². The van der Waals surface area contributed by atoms with Crippen LogP contribution in [0, 0.1) is 0 Å². The molecule has 0 spiro atoms. The summed E-state index contributed by atoms with van der Waals surface area (Å²) in [7, 11) is 0. The Morgan fingerprint density at radius 3 is 1.50 bits per heavy atom. The number of thiol groups is 3. The first-order valence-electron chi connectivity index (χ1n) is 7.45. The van der Waals surface area contributed by atoms with Crippen LogP contribution in [0.15, 0.2) is 0 Å². The van der Waals surface area contributed by atoms with Gasteiger partial charge in [0.2, 0.25) is 0 Å². The summed E-state index contributed by atoms with van der Waals surface area (Å²) in [5.41, 5.74) is 0. The minimum absolute atomic E-state index is 0.364. The van der Waals surface area contributed by atoms with E-state index in [2.05, 4.69) is 73.0 Å². The van der Waals surface area contributed by atoms with Gasteiger partial charge in [0.1, 0.15) is 0 Å². The number of nitrogens with one attached hydrogen (secondary N) is 4. The fourth-order valence-corrected chi connectivity index (χ4v) is 2.60. The van der Waals surface area contributed by atoms with Crippen LogP contribution < -0.4 is 21.3 Å². The molecule has 0 aliphatic heterocycles. The summed E-state index contributed by atoms with van der Waals surface area (Å²) >= 11 is 13.2. The first kappa shape index (κ1) is 20.9. The Morgan fingerprint density at radius 2 is 1.10 bits per heavy atom. The number of hydrogen-bond acceptors (Lipinski definition) is 7. The molecule has 20 heavy (non-hydrogen) atoms. The highest BCUT2D eigenvalue weighted by Crippen LogP contribution is 1.93. The molecule has 0 radical (unpaired) electrons. The summed E-state index contributed by atoms with van der Waals surface area (Å²) in [4.78, 5) is 0. The molecule has 0 aliphatic carbocycles. The lowest BCUT2D eigenvalue weighted by molar-refractivity contribution is 0.431. The van der Waals surface area contributed by atoms with Gasteiger partial charge in [-0.25, -0.2) is 0 Å². The van der Waals surface area contributed by atoms with E-state index in [1.54, 1.807) is 0 Å². The Bertz CT molecular complexity index is 210. The van der Waals surface area contributed by atoms with Crippen LogP contribution in [0.3, 0.4) is 0 Å². The fraction of sp³-hybridized carbons (Fsp3) is 1.00. The normalized spacial score (nSPS) is 16.1. The van der Waals surface area contributed by atoms with Gasteiger partial charge in [-0.2, -0.15) is 37.9 Å². The Kier molecular flexibility index (Phi) is 15.5. The largest absolute Gasteiger partial charge is 0.315 e. The SMILES string of the molecule is CCNC[C@@H](CS)NC[C@@H](CS)NC[C@@H](CS)NCC. The van der Waals surface area contributed by atoms with Crippen molar-refractivity contribution < 1.29 is 0 Å². The van der Waals surface area contributed by atoms with Crippen molar-refractivity contribution in [2.75, 3.05) is 50.0 Å². The minimum Gasteiger partial charge on any atom is -0.315 e. The molecule has 4 nitrogen and oxygen atoms in total. The molecule has 0 aliphatic rings. The van der Waals surface area contributed by atoms with Gasteiger partial charge in [-0.3, -0.25) is 0 Å². The van der Waals surface area contributed by atoms with Crippen LogP contribution in [0.5, 0.6) is 0 Å². The molecule has 0 saturated heterocycles. The fourth-order valence-electron chi connectivity index (χ4n) is 1.83. The van der Waals surface area contributed by atoms with Gasteiger partial charge < -0.3 is 21.3 Å². The smallest absolute Gasteiger partial charge is 0.0281 e. The van der Waals surface area contributed by atoms with E-state index >= 15 is 0 Å². The monoisotopic (exact) mass is 340 g/mol. The van der Waals surface area contributed by atoms with E-state index in [1.165, 1.54) is 0 Å². The second-order valence-corrected chi connectivity index (χ2v) is 5.92. The summed E-state index contributed by atoms with van der Waals surface area (Å²) in [6.07, 6.45) is 0. The third-order valence-electron chi connectivity index (χ3n) is 3.10. The molecule has 3 atom stereocenters. The van der Waals surface area contributed by atoms with Crippen LogP contribution in [-0.4, -0.2) is 68.1 Å². The van der Waals surface area contributed by atoms with E-state index in [4.69, 9.17) is 0 Å². The summed E-state index contributed by atoms with van der Waals surface area (Å²) in [6, 6.07) is 1.17. The molecule has 0 amide bonds. The third-order valence-corrected chi connectivity index (χ3v) is 4.42. The van der Waals surface area contributed by atoms with Gasteiger partial charge in [0.05, 0.1) is 0 Å². The Hall–Kier alpha value is 0.890. The molecule has 7 heteroatoms. The molecular formula is C13H32N4S3. The van der Waals surface area contributed by atoms with Crippen molar-refractivity contribution in [2.24, 2.45) is 0 Å². The van der Waals surface area contributed by atoms with Crippen molar-refractivity contribution in [1.82, 2.24) is 21.3 Å². The lowest BCUT2D eigenvalue weighted by atomic mass is 10.2.